The van der Waals surface area contributed by atoms with Crippen LogP contribution in [0.3, 0.4) is 0 Å². The van der Waals surface area contributed by atoms with Crippen LogP contribution in [0.2, 0.25) is 0 Å². The summed E-state index contributed by atoms with van der Waals surface area (Å²) in [5.74, 6) is 0.401. The molecule has 0 fully saturated rings. The number of nitrogens with one attached hydrogen (secondary N) is 2. The lowest BCUT2D eigenvalue weighted by Gasteiger charge is -2.12. The number of nitrogens with two attached hydrogens (primary N) is 1. The molecule has 28 heavy (non-hydrogen) atoms. The Morgan fingerprint density at radius 1 is 1.14 bits per heavy atom. The van der Waals surface area contributed by atoms with E-state index < -0.39 is 10.0 Å². The molecule has 5 N–H and O–H groups in total. The first-order chi connectivity index (χ1) is 13.3. The van der Waals surface area contributed by atoms with Crippen molar-refractivity contribution >= 4 is 15.8 Å². The lowest BCUT2D eigenvalue weighted by molar-refractivity contribution is 0.289. The van der Waals surface area contributed by atoms with Crippen LogP contribution in [0.15, 0.2) is 47.5 Å². The SMILES string of the molecule is Cc1ccc(-c2cc(-c3cc(S(=O)(=O)NCCCO)ccc3C)cnc2N)[nH]1. The molecule has 1 aromatic carbocycles. The molecule has 7 nitrogen and oxygen atoms in total. The van der Waals surface area contributed by atoms with Gasteiger partial charge in [0, 0.05) is 41.9 Å². The Hall–Kier alpha value is -2.68. The minimum atomic E-state index is -3.66. The summed E-state index contributed by atoms with van der Waals surface area (Å²) < 4.78 is 27.5. The summed E-state index contributed by atoms with van der Waals surface area (Å²) in [7, 11) is -3.66. The highest BCUT2D eigenvalue weighted by Crippen LogP contribution is 2.31. The molecule has 0 unspecified atom stereocenters. The van der Waals surface area contributed by atoms with E-state index >= 15 is 0 Å². The fraction of sp³-hybridized carbons (Fsp3) is 0.250. The number of nitrogen functional groups attached to an aromatic ring is 1. The number of rotatable bonds is 7. The van der Waals surface area contributed by atoms with Gasteiger partial charge in [0.1, 0.15) is 5.82 Å². The van der Waals surface area contributed by atoms with Crippen LogP contribution in [0.4, 0.5) is 5.82 Å². The van der Waals surface area contributed by atoms with E-state index in [-0.39, 0.29) is 18.0 Å². The molecule has 0 saturated carbocycles. The molecule has 2 aromatic heterocycles. The average Bonchev–Trinajstić information content (AvgIpc) is 3.09. The molecular weight excluding hydrogens is 376 g/mol. The van der Waals surface area contributed by atoms with Crippen LogP contribution in [0.25, 0.3) is 22.4 Å². The molecule has 0 radical (unpaired) electrons. The number of nitrogens with zero attached hydrogens (tertiary/aromatic N) is 1. The number of H-pyrrole nitrogens is 1. The van der Waals surface area contributed by atoms with Crippen LogP contribution in [0.5, 0.6) is 0 Å². The van der Waals surface area contributed by atoms with Crippen LogP contribution in [-0.4, -0.2) is 36.6 Å². The molecule has 0 atom stereocenters. The number of aromatic nitrogens is 2. The highest BCUT2D eigenvalue weighted by Gasteiger charge is 2.16. The molecule has 3 rings (SSSR count). The quantitative estimate of drug-likeness (QED) is 0.454. The first-order valence-corrected chi connectivity index (χ1v) is 10.4. The van der Waals surface area contributed by atoms with Gasteiger partial charge in [-0.05, 0) is 61.7 Å². The highest BCUT2D eigenvalue weighted by molar-refractivity contribution is 7.89. The summed E-state index contributed by atoms with van der Waals surface area (Å²) in [6.45, 7) is 3.99. The Kier molecular flexibility index (Phi) is 5.83. The second kappa shape index (κ2) is 8.14. The van der Waals surface area contributed by atoms with Crippen molar-refractivity contribution in [3.63, 3.8) is 0 Å². The Balaban J connectivity index is 2.02. The Bertz CT molecular complexity index is 1090. The predicted molar refractivity (Wildman–Crippen MR) is 110 cm³/mol. The zero-order valence-electron chi connectivity index (χ0n) is 15.9. The van der Waals surface area contributed by atoms with E-state index in [0.29, 0.717) is 12.2 Å². The minimum absolute atomic E-state index is 0.0697. The fourth-order valence-corrected chi connectivity index (χ4v) is 4.05. The largest absolute Gasteiger partial charge is 0.396 e. The molecule has 8 heteroatoms. The molecule has 3 aromatic rings. The van der Waals surface area contributed by atoms with Gasteiger partial charge in [0.15, 0.2) is 0 Å². The molecule has 0 aliphatic rings. The van der Waals surface area contributed by atoms with Crippen LogP contribution in [0.1, 0.15) is 17.7 Å². The summed E-state index contributed by atoms with van der Waals surface area (Å²) in [5.41, 5.74) is 11.2. The van der Waals surface area contributed by atoms with E-state index in [1.807, 2.05) is 32.0 Å². The number of aliphatic hydroxyl groups is 1. The Labute approximate surface area is 164 Å². The highest BCUT2D eigenvalue weighted by atomic mass is 32.2. The van der Waals surface area contributed by atoms with Gasteiger partial charge in [-0.2, -0.15) is 0 Å². The molecule has 0 spiro atoms. The maximum Gasteiger partial charge on any atom is 0.240 e. The smallest absolute Gasteiger partial charge is 0.240 e. The summed E-state index contributed by atoms with van der Waals surface area (Å²) in [5, 5.41) is 8.85. The number of pyridine rings is 1. The van der Waals surface area contributed by atoms with Gasteiger partial charge in [-0.3, -0.25) is 0 Å². The first kappa shape index (κ1) is 20.1. The van der Waals surface area contributed by atoms with E-state index in [1.165, 1.54) is 0 Å². The number of anilines is 1. The topological polar surface area (TPSA) is 121 Å². The first-order valence-electron chi connectivity index (χ1n) is 8.95. The van der Waals surface area contributed by atoms with Crippen LogP contribution >= 0.6 is 0 Å². The zero-order valence-corrected chi connectivity index (χ0v) is 16.7. The van der Waals surface area contributed by atoms with Crippen molar-refractivity contribution in [2.45, 2.75) is 25.2 Å². The third-order valence-corrected chi connectivity index (χ3v) is 5.96. The van der Waals surface area contributed by atoms with E-state index in [0.717, 1.165) is 33.6 Å². The molecule has 0 aliphatic heterocycles. The molecule has 2 heterocycles. The van der Waals surface area contributed by atoms with Gasteiger partial charge in [-0.25, -0.2) is 18.1 Å². The number of benzene rings is 1. The zero-order chi connectivity index (χ0) is 20.3. The Morgan fingerprint density at radius 2 is 1.93 bits per heavy atom. The second-order valence-corrected chi connectivity index (χ2v) is 8.43. The lowest BCUT2D eigenvalue weighted by atomic mass is 10.00. The van der Waals surface area contributed by atoms with E-state index in [1.54, 1.807) is 24.4 Å². The van der Waals surface area contributed by atoms with Crippen molar-refractivity contribution in [2.75, 3.05) is 18.9 Å². The van der Waals surface area contributed by atoms with Crippen LogP contribution < -0.4 is 10.5 Å². The maximum atomic E-state index is 12.5. The van der Waals surface area contributed by atoms with Gasteiger partial charge < -0.3 is 15.8 Å². The number of aromatic amines is 1. The molecule has 0 saturated heterocycles. The van der Waals surface area contributed by atoms with Crippen molar-refractivity contribution in [2.24, 2.45) is 0 Å². The van der Waals surface area contributed by atoms with Crippen LogP contribution in [0, 0.1) is 13.8 Å². The summed E-state index contributed by atoms with van der Waals surface area (Å²) in [6.07, 6.45) is 2.01. The third kappa shape index (κ3) is 4.24. The van der Waals surface area contributed by atoms with Crippen molar-refractivity contribution in [3.05, 3.63) is 53.9 Å². The van der Waals surface area contributed by atoms with Gasteiger partial charge in [-0.15, -0.1) is 0 Å². The number of sulfonamides is 1. The van der Waals surface area contributed by atoms with E-state index in [2.05, 4.69) is 14.7 Å². The van der Waals surface area contributed by atoms with Crippen molar-refractivity contribution in [1.29, 1.82) is 0 Å². The van der Waals surface area contributed by atoms with Gasteiger partial charge in [0.2, 0.25) is 10.0 Å². The maximum absolute atomic E-state index is 12.5. The molecule has 148 valence electrons. The lowest BCUT2D eigenvalue weighted by Crippen LogP contribution is -2.25. The van der Waals surface area contributed by atoms with Crippen LogP contribution in [-0.2, 0) is 10.0 Å². The fourth-order valence-electron chi connectivity index (χ4n) is 2.95. The van der Waals surface area contributed by atoms with Crippen molar-refractivity contribution in [3.8, 4) is 22.4 Å². The van der Waals surface area contributed by atoms with Crippen molar-refractivity contribution in [1.82, 2.24) is 14.7 Å². The summed E-state index contributed by atoms with van der Waals surface area (Å²) >= 11 is 0. The minimum Gasteiger partial charge on any atom is -0.396 e. The second-order valence-electron chi connectivity index (χ2n) is 6.66. The van der Waals surface area contributed by atoms with E-state index in [9.17, 15) is 8.42 Å². The number of aliphatic hydroxyl groups excluding tert-OH is 1. The monoisotopic (exact) mass is 400 g/mol. The molecule has 0 amide bonds. The molecular formula is C20H24N4O3S. The standard InChI is InChI=1S/C20H24N4O3S/c1-13-4-6-16(28(26,27)23-8-3-9-25)11-17(13)15-10-18(20(21)22-12-15)19-7-5-14(2)24-19/h4-7,10-12,23-25H,3,8-9H2,1-2H3,(H2,21,22). The summed E-state index contributed by atoms with van der Waals surface area (Å²) in [6, 6.07) is 10.8. The third-order valence-electron chi connectivity index (χ3n) is 4.50. The van der Waals surface area contributed by atoms with Gasteiger partial charge >= 0.3 is 0 Å². The Morgan fingerprint density at radius 3 is 2.61 bits per heavy atom. The van der Waals surface area contributed by atoms with Gasteiger partial charge in [-0.1, -0.05) is 6.07 Å². The van der Waals surface area contributed by atoms with E-state index in [4.69, 9.17) is 10.8 Å². The number of hydrogen-bond donors (Lipinski definition) is 4. The van der Waals surface area contributed by atoms with Gasteiger partial charge in [0.25, 0.3) is 0 Å². The summed E-state index contributed by atoms with van der Waals surface area (Å²) in [4.78, 5) is 7.71. The average molecular weight is 401 g/mol. The van der Waals surface area contributed by atoms with Crippen molar-refractivity contribution < 1.29 is 13.5 Å². The predicted octanol–water partition coefficient (Wildman–Crippen LogP) is 2.60. The molecule has 0 aliphatic carbocycles. The number of aryl methyl sites for hydroxylation is 2. The molecule has 0 bridgehead atoms. The number of hydrogen-bond acceptors (Lipinski definition) is 5. The van der Waals surface area contributed by atoms with Gasteiger partial charge in [0.05, 0.1) is 4.90 Å². The normalized spacial score (nSPS) is 11.7.